The predicted molar refractivity (Wildman–Crippen MR) is 58.7 cm³/mol. The number of H-pyrrole nitrogens is 1. The van der Waals surface area contributed by atoms with Gasteiger partial charge in [-0.05, 0) is 13.0 Å². The SMILES string of the molecule is CCOC(=O)c1[nH]nc2c(OC(F)(F)F)cccc12. The molecule has 0 unspecified atom stereocenters. The van der Waals surface area contributed by atoms with Crippen LogP contribution in [-0.2, 0) is 4.74 Å². The number of fused-ring (bicyclic) bond motifs is 1. The minimum atomic E-state index is -4.82. The minimum absolute atomic E-state index is 0.00975. The van der Waals surface area contributed by atoms with Crippen molar-refractivity contribution >= 4 is 16.9 Å². The zero-order chi connectivity index (χ0) is 14.0. The van der Waals surface area contributed by atoms with Crippen LogP contribution >= 0.6 is 0 Å². The first kappa shape index (κ1) is 13.2. The highest BCUT2D eigenvalue weighted by atomic mass is 19.4. The number of rotatable bonds is 3. The molecule has 0 aliphatic heterocycles. The van der Waals surface area contributed by atoms with Crippen molar-refractivity contribution in [1.29, 1.82) is 0 Å². The van der Waals surface area contributed by atoms with Crippen LogP contribution in [0.25, 0.3) is 10.9 Å². The maximum Gasteiger partial charge on any atom is 0.573 e. The fourth-order valence-corrected chi connectivity index (χ4v) is 1.58. The van der Waals surface area contributed by atoms with E-state index in [1.54, 1.807) is 6.92 Å². The average molecular weight is 274 g/mol. The molecule has 8 heteroatoms. The third-order valence-electron chi connectivity index (χ3n) is 2.25. The lowest BCUT2D eigenvalue weighted by molar-refractivity contribution is -0.274. The molecule has 2 aromatic rings. The van der Waals surface area contributed by atoms with Crippen molar-refractivity contribution < 1.29 is 27.4 Å². The van der Waals surface area contributed by atoms with Crippen molar-refractivity contribution in [2.75, 3.05) is 6.61 Å². The number of ether oxygens (including phenoxy) is 2. The van der Waals surface area contributed by atoms with E-state index in [1.807, 2.05) is 0 Å². The number of aromatic nitrogens is 2. The smallest absolute Gasteiger partial charge is 0.461 e. The Labute approximate surface area is 105 Å². The Morgan fingerprint density at radius 3 is 2.79 bits per heavy atom. The number of nitrogens with one attached hydrogen (secondary N) is 1. The molecule has 0 saturated carbocycles. The highest BCUT2D eigenvalue weighted by Crippen LogP contribution is 2.30. The van der Waals surface area contributed by atoms with Crippen LogP contribution in [0, 0.1) is 0 Å². The summed E-state index contributed by atoms with van der Waals surface area (Å²) in [5.41, 5.74) is -0.0904. The van der Waals surface area contributed by atoms with Gasteiger partial charge in [0.1, 0.15) is 5.52 Å². The van der Waals surface area contributed by atoms with Gasteiger partial charge < -0.3 is 9.47 Å². The van der Waals surface area contributed by atoms with Crippen LogP contribution in [-0.4, -0.2) is 29.1 Å². The zero-order valence-corrected chi connectivity index (χ0v) is 9.75. The second-order valence-electron chi connectivity index (χ2n) is 3.52. The summed E-state index contributed by atoms with van der Waals surface area (Å²) in [6.07, 6.45) is -4.82. The molecule has 102 valence electrons. The molecule has 1 aromatic heterocycles. The third kappa shape index (κ3) is 2.78. The molecule has 0 fully saturated rings. The van der Waals surface area contributed by atoms with E-state index in [4.69, 9.17) is 4.74 Å². The Kier molecular flexibility index (Phi) is 3.32. The Balaban J connectivity index is 2.45. The lowest BCUT2D eigenvalue weighted by Crippen LogP contribution is -2.17. The summed E-state index contributed by atoms with van der Waals surface area (Å²) < 4.78 is 45.2. The molecule has 1 aromatic carbocycles. The van der Waals surface area contributed by atoms with Crippen molar-refractivity contribution in [3.63, 3.8) is 0 Å². The lowest BCUT2D eigenvalue weighted by Gasteiger charge is -2.08. The van der Waals surface area contributed by atoms with E-state index in [2.05, 4.69) is 14.9 Å². The number of nitrogens with zero attached hydrogens (tertiary/aromatic N) is 1. The number of carbonyl (C=O) groups is 1. The minimum Gasteiger partial charge on any atom is -0.461 e. The Bertz CT molecular complexity index is 607. The summed E-state index contributed by atoms with van der Waals surface area (Å²) in [4.78, 5) is 11.6. The van der Waals surface area contributed by atoms with Crippen LogP contribution in [0.3, 0.4) is 0 Å². The van der Waals surface area contributed by atoms with E-state index >= 15 is 0 Å². The van der Waals surface area contributed by atoms with Gasteiger partial charge in [0, 0.05) is 5.39 Å². The second kappa shape index (κ2) is 4.79. The summed E-state index contributed by atoms with van der Waals surface area (Å²) in [7, 11) is 0. The first-order chi connectivity index (χ1) is 8.92. The Hall–Kier alpha value is -2.25. The molecule has 0 spiro atoms. The molecule has 0 bridgehead atoms. The molecule has 1 N–H and O–H groups in total. The first-order valence-corrected chi connectivity index (χ1v) is 5.32. The molecule has 2 rings (SSSR count). The molecule has 19 heavy (non-hydrogen) atoms. The fourth-order valence-electron chi connectivity index (χ4n) is 1.58. The monoisotopic (exact) mass is 274 g/mol. The van der Waals surface area contributed by atoms with Crippen molar-refractivity contribution in [2.24, 2.45) is 0 Å². The number of alkyl halides is 3. The molecular formula is C11H9F3N2O3. The molecule has 1 heterocycles. The third-order valence-corrected chi connectivity index (χ3v) is 2.25. The Morgan fingerprint density at radius 2 is 2.16 bits per heavy atom. The number of carbonyl (C=O) groups excluding carboxylic acids is 1. The van der Waals surface area contributed by atoms with Crippen LogP contribution < -0.4 is 4.74 Å². The van der Waals surface area contributed by atoms with E-state index in [9.17, 15) is 18.0 Å². The number of esters is 1. The van der Waals surface area contributed by atoms with Gasteiger partial charge in [0.25, 0.3) is 0 Å². The van der Waals surface area contributed by atoms with Gasteiger partial charge in [0.2, 0.25) is 0 Å². The van der Waals surface area contributed by atoms with Crippen molar-refractivity contribution in [3.05, 3.63) is 23.9 Å². The van der Waals surface area contributed by atoms with Crippen LogP contribution in [0.4, 0.5) is 13.2 Å². The normalized spacial score (nSPS) is 11.6. The number of halogens is 3. The van der Waals surface area contributed by atoms with E-state index in [0.29, 0.717) is 0 Å². The summed E-state index contributed by atoms with van der Waals surface area (Å²) in [5.74, 6) is -1.16. The molecule has 0 radical (unpaired) electrons. The van der Waals surface area contributed by atoms with Gasteiger partial charge >= 0.3 is 12.3 Å². The number of para-hydroxylation sites is 1. The highest BCUT2D eigenvalue weighted by molar-refractivity contribution is 6.03. The van der Waals surface area contributed by atoms with Gasteiger partial charge in [-0.25, -0.2) is 4.79 Å². The van der Waals surface area contributed by atoms with Crippen LogP contribution in [0.2, 0.25) is 0 Å². The van der Waals surface area contributed by atoms with E-state index in [1.165, 1.54) is 12.1 Å². The van der Waals surface area contributed by atoms with Gasteiger partial charge in [-0.1, -0.05) is 12.1 Å². The average Bonchev–Trinajstić information content (AvgIpc) is 2.72. The molecule has 0 aliphatic carbocycles. The van der Waals surface area contributed by atoms with Gasteiger partial charge in [-0.2, -0.15) is 5.10 Å². The van der Waals surface area contributed by atoms with Gasteiger partial charge in [-0.3, -0.25) is 5.10 Å². The number of hydrogen-bond acceptors (Lipinski definition) is 4. The molecule has 0 aliphatic rings. The first-order valence-electron chi connectivity index (χ1n) is 5.32. The Morgan fingerprint density at radius 1 is 1.42 bits per heavy atom. The molecule has 0 amide bonds. The number of benzene rings is 1. The number of hydrogen-bond donors (Lipinski definition) is 1. The molecular weight excluding hydrogens is 265 g/mol. The second-order valence-corrected chi connectivity index (χ2v) is 3.52. The maximum atomic E-state index is 12.2. The van der Waals surface area contributed by atoms with Crippen molar-refractivity contribution in [2.45, 2.75) is 13.3 Å². The summed E-state index contributed by atoms with van der Waals surface area (Å²) in [6.45, 7) is 1.77. The van der Waals surface area contributed by atoms with Gasteiger partial charge in [0.05, 0.1) is 6.61 Å². The highest BCUT2D eigenvalue weighted by Gasteiger charge is 2.32. The zero-order valence-electron chi connectivity index (χ0n) is 9.75. The fraction of sp³-hybridized carbons (Fsp3) is 0.273. The standard InChI is InChI=1S/C11H9F3N2O3/c1-2-18-10(17)9-6-4-3-5-7(8(6)15-16-9)19-11(12,13)14/h3-5H,2H2,1H3,(H,15,16). The molecule has 0 saturated heterocycles. The summed E-state index contributed by atoms with van der Waals surface area (Å²) in [5, 5.41) is 6.22. The van der Waals surface area contributed by atoms with E-state index in [-0.39, 0.29) is 23.2 Å². The molecule has 0 atom stereocenters. The van der Waals surface area contributed by atoms with Gasteiger partial charge in [-0.15, -0.1) is 13.2 Å². The van der Waals surface area contributed by atoms with Crippen molar-refractivity contribution in [1.82, 2.24) is 10.2 Å². The maximum absolute atomic E-state index is 12.2. The van der Waals surface area contributed by atoms with E-state index in [0.717, 1.165) is 6.07 Å². The largest absolute Gasteiger partial charge is 0.573 e. The van der Waals surface area contributed by atoms with Crippen LogP contribution in [0.15, 0.2) is 18.2 Å². The lowest BCUT2D eigenvalue weighted by atomic mass is 10.2. The predicted octanol–water partition coefficient (Wildman–Crippen LogP) is 2.64. The van der Waals surface area contributed by atoms with Crippen molar-refractivity contribution in [3.8, 4) is 5.75 Å². The topological polar surface area (TPSA) is 64.2 Å². The van der Waals surface area contributed by atoms with E-state index < -0.39 is 18.1 Å². The van der Waals surface area contributed by atoms with Crippen LogP contribution in [0.1, 0.15) is 17.4 Å². The van der Waals surface area contributed by atoms with Crippen LogP contribution in [0.5, 0.6) is 5.75 Å². The summed E-state index contributed by atoms with van der Waals surface area (Å²) >= 11 is 0. The number of aromatic amines is 1. The quantitative estimate of drug-likeness (QED) is 0.874. The van der Waals surface area contributed by atoms with Gasteiger partial charge in [0.15, 0.2) is 11.4 Å². The summed E-state index contributed by atoms with van der Waals surface area (Å²) in [6, 6.07) is 3.90. The molecule has 5 nitrogen and oxygen atoms in total.